The lowest BCUT2D eigenvalue weighted by atomic mass is 10.1. The number of anilines is 2. The number of halogens is 2. The number of benzene rings is 1. The number of nitrogens with zero attached hydrogens (tertiary/aromatic N) is 3. The Labute approximate surface area is 217 Å². The molecular formula is C23H25ClFN7O4S. The SMILES string of the molecule is C[C@@H](CNc1nccc(-c2[nH]c(C3CC3)nc2-c2cc(F)cc(NS(=O)(=O)C3CC3)c2Cl)n1)NC(=O)O. The number of sulfonamides is 1. The van der Waals surface area contributed by atoms with Crippen molar-refractivity contribution in [2.45, 2.75) is 49.8 Å². The molecule has 1 atom stereocenters. The Hall–Kier alpha value is -3.45. The average Bonchev–Trinajstić information content (AvgIpc) is 3.76. The van der Waals surface area contributed by atoms with Crippen LogP contribution >= 0.6 is 11.6 Å². The number of amides is 1. The lowest BCUT2D eigenvalue weighted by Crippen LogP contribution is -2.36. The third kappa shape index (κ3) is 5.77. The number of H-pyrrole nitrogens is 1. The van der Waals surface area contributed by atoms with Crippen LogP contribution < -0.4 is 15.4 Å². The van der Waals surface area contributed by atoms with Gasteiger partial charge in [-0.15, -0.1) is 0 Å². The van der Waals surface area contributed by atoms with Gasteiger partial charge in [0.05, 0.1) is 33.0 Å². The second-order valence-electron chi connectivity index (χ2n) is 9.28. The van der Waals surface area contributed by atoms with Crippen molar-refractivity contribution in [3.8, 4) is 22.6 Å². The van der Waals surface area contributed by atoms with Crippen molar-refractivity contribution < 1.29 is 22.7 Å². The lowest BCUT2D eigenvalue weighted by Gasteiger charge is -2.13. The van der Waals surface area contributed by atoms with E-state index in [0.717, 1.165) is 18.9 Å². The molecule has 196 valence electrons. The number of rotatable bonds is 10. The molecule has 1 amide bonds. The highest BCUT2D eigenvalue weighted by Gasteiger charge is 2.36. The van der Waals surface area contributed by atoms with Crippen LogP contribution in [0.2, 0.25) is 5.02 Å². The first kappa shape index (κ1) is 25.2. The number of carbonyl (C=O) groups is 1. The van der Waals surface area contributed by atoms with Crippen molar-refractivity contribution >= 4 is 39.4 Å². The molecule has 0 spiro atoms. The number of nitrogens with one attached hydrogen (secondary N) is 4. The third-order valence-electron chi connectivity index (χ3n) is 6.04. The van der Waals surface area contributed by atoms with Crippen LogP contribution in [0.4, 0.5) is 20.8 Å². The minimum absolute atomic E-state index is 0.0293. The summed E-state index contributed by atoms with van der Waals surface area (Å²) in [5.41, 5.74) is 1.44. The molecule has 0 bridgehead atoms. The van der Waals surface area contributed by atoms with Crippen LogP contribution in [0.3, 0.4) is 0 Å². The Balaban J connectivity index is 1.51. The van der Waals surface area contributed by atoms with E-state index in [1.165, 1.54) is 12.3 Å². The molecule has 2 aromatic heterocycles. The van der Waals surface area contributed by atoms with E-state index in [2.05, 4.69) is 30.3 Å². The summed E-state index contributed by atoms with van der Waals surface area (Å²) in [6, 6.07) is 3.53. The van der Waals surface area contributed by atoms with E-state index in [1.54, 1.807) is 13.0 Å². The molecule has 3 aromatic rings. The summed E-state index contributed by atoms with van der Waals surface area (Å²) < 4.78 is 42.1. The second kappa shape index (κ2) is 9.78. The molecule has 5 rings (SSSR count). The lowest BCUT2D eigenvalue weighted by molar-refractivity contribution is 0.191. The van der Waals surface area contributed by atoms with Crippen molar-refractivity contribution in [3.63, 3.8) is 0 Å². The van der Waals surface area contributed by atoms with E-state index in [1.807, 2.05) is 0 Å². The first-order chi connectivity index (χ1) is 17.6. The Kier molecular flexibility index (Phi) is 6.67. The van der Waals surface area contributed by atoms with E-state index >= 15 is 0 Å². The molecule has 14 heteroatoms. The van der Waals surface area contributed by atoms with Gasteiger partial charge in [0.25, 0.3) is 0 Å². The minimum Gasteiger partial charge on any atom is -0.465 e. The fraction of sp³-hybridized carbons (Fsp3) is 0.391. The van der Waals surface area contributed by atoms with Gasteiger partial charge in [0.2, 0.25) is 16.0 Å². The van der Waals surface area contributed by atoms with E-state index in [4.69, 9.17) is 21.7 Å². The molecule has 2 saturated carbocycles. The van der Waals surface area contributed by atoms with Crippen LogP contribution in [0.15, 0.2) is 24.4 Å². The Bertz CT molecular complexity index is 1460. The predicted octanol–water partition coefficient (Wildman–Crippen LogP) is 4.18. The molecule has 37 heavy (non-hydrogen) atoms. The summed E-state index contributed by atoms with van der Waals surface area (Å²) >= 11 is 6.62. The topological polar surface area (TPSA) is 162 Å². The Morgan fingerprint density at radius 1 is 1.27 bits per heavy atom. The maximum Gasteiger partial charge on any atom is 0.404 e. The molecular weight excluding hydrogens is 525 g/mol. The van der Waals surface area contributed by atoms with Gasteiger partial charge in [0, 0.05) is 30.3 Å². The molecule has 1 aromatic carbocycles. The van der Waals surface area contributed by atoms with Crippen molar-refractivity contribution in [2.24, 2.45) is 0 Å². The van der Waals surface area contributed by atoms with Crippen LogP contribution in [0.1, 0.15) is 44.3 Å². The van der Waals surface area contributed by atoms with Crippen molar-refractivity contribution in [1.82, 2.24) is 25.3 Å². The summed E-state index contributed by atoms with van der Waals surface area (Å²) in [7, 11) is -3.67. The zero-order chi connectivity index (χ0) is 26.3. The largest absolute Gasteiger partial charge is 0.465 e. The van der Waals surface area contributed by atoms with Crippen LogP contribution in [-0.2, 0) is 10.0 Å². The summed E-state index contributed by atoms with van der Waals surface area (Å²) in [4.78, 5) is 27.5. The number of hydrogen-bond donors (Lipinski definition) is 5. The number of carboxylic acid groups (broad SMARTS) is 1. The molecule has 2 fully saturated rings. The molecule has 0 aliphatic heterocycles. The van der Waals surface area contributed by atoms with Gasteiger partial charge >= 0.3 is 6.09 Å². The minimum atomic E-state index is -3.67. The van der Waals surface area contributed by atoms with Gasteiger partial charge in [-0.25, -0.2) is 32.6 Å². The van der Waals surface area contributed by atoms with Crippen LogP contribution in [0.25, 0.3) is 22.6 Å². The zero-order valence-electron chi connectivity index (χ0n) is 19.8. The standard InChI is InChI=1S/C23H25ClFN7O4S/c1-11(28-23(33)34)10-27-22-26-7-6-16(29-22)20-19(30-21(31-20)12-2-3-12)15-8-13(25)9-17(18(15)24)32-37(35,36)14-4-5-14/h6-9,11-12,14,28,32H,2-5,10H2,1H3,(H,30,31)(H,33,34)(H,26,27,29)/t11-/m0/s1. The van der Waals surface area contributed by atoms with Crippen molar-refractivity contribution in [3.05, 3.63) is 41.1 Å². The normalized spacial score (nSPS) is 16.3. The summed E-state index contributed by atoms with van der Waals surface area (Å²) in [5.74, 6) is 0.529. The molecule has 11 nitrogen and oxygen atoms in total. The fourth-order valence-corrected chi connectivity index (χ4v) is 5.55. The van der Waals surface area contributed by atoms with Crippen LogP contribution in [0.5, 0.6) is 0 Å². The molecule has 0 saturated heterocycles. The number of aromatic amines is 1. The molecule has 2 heterocycles. The van der Waals surface area contributed by atoms with E-state index in [0.29, 0.717) is 35.7 Å². The van der Waals surface area contributed by atoms with Gasteiger partial charge in [-0.05, 0) is 50.8 Å². The zero-order valence-corrected chi connectivity index (χ0v) is 21.3. The summed E-state index contributed by atoms with van der Waals surface area (Å²) in [5, 5.41) is 13.7. The van der Waals surface area contributed by atoms with Gasteiger partial charge in [-0.2, -0.15) is 0 Å². The Morgan fingerprint density at radius 2 is 2.03 bits per heavy atom. The highest BCUT2D eigenvalue weighted by Crippen LogP contribution is 2.44. The number of imidazole rings is 1. The second-order valence-corrected chi connectivity index (χ2v) is 11.6. The maximum atomic E-state index is 14.7. The first-order valence-electron chi connectivity index (χ1n) is 11.8. The maximum absolute atomic E-state index is 14.7. The van der Waals surface area contributed by atoms with Gasteiger partial charge in [-0.3, -0.25) is 4.72 Å². The van der Waals surface area contributed by atoms with Gasteiger partial charge in [0.15, 0.2) is 0 Å². The fourth-order valence-electron chi connectivity index (χ4n) is 3.86. The average molecular weight is 550 g/mol. The van der Waals surface area contributed by atoms with Gasteiger partial charge < -0.3 is 20.7 Å². The van der Waals surface area contributed by atoms with Gasteiger partial charge in [-0.1, -0.05) is 11.6 Å². The van der Waals surface area contributed by atoms with Gasteiger partial charge in [0.1, 0.15) is 11.6 Å². The molecule has 2 aliphatic carbocycles. The monoisotopic (exact) mass is 549 g/mol. The quantitative estimate of drug-likeness (QED) is 0.251. The van der Waals surface area contributed by atoms with E-state index in [9.17, 15) is 17.6 Å². The molecule has 5 N–H and O–H groups in total. The highest BCUT2D eigenvalue weighted by molar-refractivity contribution is 7.93. The smallest absolute Gasteiger partial charge is 0.404 e. The highest BCUT2D eigenvalue weighted by atomic mass is 35.5. The third-order valence-corrected chi connectivity index (χ3v) is 8.30. The van der Waals surface area contributed by atoms with Crippen molar-refractivity contribution in [2.75, 3.05) is 16.6 Å². The summed E-state index contributed by atoms with van der Waals surface area (Å²) in [6.07, 6.45) is 3.42. The Morgan fingerprint density at radius 3 is 2.70 bits per heavy atom. The van der Waals surface area contributed by atoms with E-state index in [-0.39, 0.29) is 34.7 Å². The van der Waals surface area contributed by atoms with Crippen LogP contribution in [0, 0.1) is 5.82 Å². The number of hydrogen-bond acceptors (Lipinski definition) is 7. The molecule has 2 aliphatic rings. The summed E-state index contributed by atoms with van der Waals surface area (Å²) in [6.45, 7) is 1.94. The molecule has 0 unspecified atom stereocenters. The van der Waals surface area contributed by atoms with E-state index < -0.39 is 33.2 Å². The van der Waals surface area contributed by atoms with Crippen LogP contribution in [-0.4, -0.2) is 57.4 Å². The first-order valence-corrected chi connectivity index (χ1v) is 13.7. The van der Waals surface area contributed by atoms with Crippen molar-refractivity contribution in [1.29, 1.82) is 0 Å². The number of aromatic nitrogens is 4. The predicted molar refractivity (Wildman–Crippen MR) is 137 cm³/mol. The molecule has 0 radical (unpaired) electrons.